The van der Waals surface area contributed by atoms with Crippen molar-refractivity contribution in [3.05, 3.63) is 65.0 Å². The molecule has 0 aliphatic rings. The Kier molecular flexibility index (Phi) is 3.67. The van der Waals surface area contributed by atoms with Gasteiger partial charge in [0.25, 0.3) is 0 Å². The minimum absolute atomic E-state index is 0.442. The molecule has 1 heterocycles. The lowest BCUT2D eigenvalue weighted by Crippen LogP contribution is -2.15. The number of pyridine rings is 1. The molecular weight excluding hydrogens is 234 g/mol. The van der Waals surface area contributed by atoms with Gasteiger partial charge in [-0.15, -0.1) is 0 Å². The molecule has 94 valence electrons. The molecule has 0 saturated heterocycles. The Morgan fingerprint density at radius 3 is 2.50 bits per heavy atom. The van der Waals surface area contributed by atoms with Crippen molar-refractivity contribution in [2.24, 2.45) is 5.73 Å². The Hall–Kier alpha value is -1.81. The van der Waals surface area contributed by atoms with Crippen LogP contribution >= 0.6 is 0 Å². The van der Waals surface area contributed by atoms with E-state index in [1.165, 1.54) is 12.1 Å². The van der Waals surface area contributed by atoms with Crippen LogP contribution in [0.1, 0.15) is 22.9 Å². The molecule has 0 bridgehead atoms. The standard InChI is InChI=1S/C14H14F2N2/c1-9-3-2-4-18-14(9)8-13(17)10-5-11(15)7-12(16)6-10/h2-7,13H,8,17H2,1H3. The fraction of sp³-hybridized carbons (Fsp3) is 0.214. The van der Waals surface area contributed by atoms with Gasteiger partial charge in [-0.05, 0) is 36.2 Å². The maximum atomic E-state index is 13.1. The summed E-state index contributed by atoms with van der Waals surface area (Å²) in [6, 6.07) is 6.65. The number of rotatable bonds is 3. The summed E-state index contributed by atoms with van der Waals surface area (Å²) < 4.78 is 26.2. The maximum absolute atomic E-state index is 13.1. The molecule has 1 aromatic heterocycles. The van der Waals surface area contributed by atoms with Crippen molar-refractivity contribution in [3.8, 4) is 0 Å². The van der Waals surface area contributed by atoms with E-state index in [0.717, 1.165) is 17.3 Å². The molecule has 18 heavy (non-hydrogen) atoms. The molecule has 1 aromatic carbocycles. The molecule has 0 amide bonds. The molecule has 0 fully saturated rings. The van der Waals surface area contributed by atoms with Gasteiger partial charge < -0.3 is 5.73 Å². The third kappa shape index (κ3) is 2.90. The minimum atomic E-state index is -0.613. The van der Waals surface area contributed by atoms with Crippen molar-refractivity contribution < 1.29 is 8.78 Å². The lowest BCUT2D eigenvalue weighted by molar-refractivity contribution is 0.572. The van der Waals surface area contributed by atoms with E-state index in [4.69, 9.17) is 5.73 Å². The highest BCUT2D eigenvalue weighted by Gasteiger charge is 2.12. The Balaban J connectivity index is 2.22. The normalized spacial score (nSPS) is 12.4. The van der Waals surface area contributed by atoms with Gasteiger partial charge in [0, 0.05) is 30.4 Å². The number of benzene rings is 1. The summed E-state index contributed by atoms with van der Waals surface area (Å²) in [6.45, 7) is 1.93. The first kappa shape index (κ1) is 12.6. The molecule has 2 N–H and O–H groups in total. The first-order chi connectivity index (χ1) is 8.56. The Morgan fingerprint density at radius 2 is 1.89 bits per heavy atom. The number of halogens is 2. The monoisotopic (exact) mass is 248 g/mol. The molecule has 0 aliphatic carbocycles. The SMILES string of the molecule is Cc1cccnc1CC(N)c1cc(F)cc(F)c1. The van der Waals surface area contributed by atoms with Crippen LogP contribution in [0.4, 0.5) is 8.78 Å². The second kappa shape index (κ2) is 5.23. The first-order valence-corrected chi connectivity index (χ1v) is 5.68. The number of hydrogen-bond acceptors (Lipinski definition) is 2. The Morgan fingerprint density at radius 1 is 1.22 bits per heavy atom. The van der Waals surface area contributed by atoms with E-state index in [1.807, 2.05) is 19.1 Å². The van der Waals surface area contributed by atoms with Crippen LogP contribution in [0, 0.1) is 18.6 Å². The van der Waals surface area contributed by atoms with E-state index >= 15 is 0 Å². The average Bonchev–Trinajstić information content (AvgIpc) is 2.31. The van der Waals surface area contributed by atoms with Crippen LogP contribution in [0.25, 0.3) is 0 Å². The smallest absolute Gasteiger partial charge is 0.126 e. The summed E-state index contributed by atoms with van der Waals surface area (Å²) in [5.74, 6) is -1.23. The molecule has 2 rings (SSSR count). The minimum Gasteiger partial charge on any atom is -0.324 e. The summed E-state index contributed by atoms with van der Waals surface area (Å²) in [6.07, 6.45) is 2.14. The average molecular weight is 248 g/mol. The fourth-order valence-corrected chi connectivity index (χ4v) is 1.85. The fourth-order valence-electron chi connectivity index (χ4n) is 1.85. The summed E-state index contributed by atoms with van der Waals surface area (Å²) in [7, 11) is 0. The van der Waals surface area contributed by atoms with Crippen molar-refractivity contribution in [2.45, 2.75) is 19.4 Å². The van der Waals surface area contributed by atoms with Crippen LogP contribution in [0.15, 0.2) is 36.5 Å². The highest BCUT2D eigenvalue weighted by atomic mass is 19.1. The first-order valence-electron chi connectivity index (χ1n) is 5.68. The summed E-state index contributed by atoms with van der Waals surface area (Å²) in [4.78, 5) is 4.22. The van der Waals surface area contributed by atoms with Crippen LogP contribution < -0.4 is 5.73 Å². The van der Waals surface area contributed by atoms with Crippen LogP contribution in [0.3, 0.4) is 0 Å². The van der Waals surface area contributed by atoms with Crippen molar-refractivity contribution in [1.82, 2.24) is 4.98 Å². The molecule has 2 nitrogen and oxygen atoms in total. The van der Waals surface area contributed by atoms with Crippen LogP contribution in [-0.2, 0) is 6.42 Å². The van der Waals surface area contributed by atoms with Gasteiger partial charge in [0.15, 0.2) is 0 Å². The van der Waals surface area contributed by atoms with E-state index in [9.17, 15) is 8.78 Å². The highest BCUT2D eigenvalue weighted by molar-refractivity contribution is 5.25. The van der Waals surface area contributed by atoms with Gasteiger partial charge >= 0.3 is 0 Å². The van der Waals surface area contributed by atoms with E-state index in [2.05, 4.69) is 4.98 Å². The zero-order valence-corrected chi connectivity index (χ0v) is 10.0. The van der Waals surface area contributed by atoms with Crippen molar-refractivity contribution in [1.29, 1.82) is 0 Å². The van der Waals surface area contributed by atoms with Gasteiger partial charge in [-0.3, -0.25) is 4.98 Å². The molecule has 2 aromatic rings. The summed E-state index contributed by atoms with van der Waals surface area (Å²) >= 11 is 0. The van der Waals surface area contributed by atoms with Gasteiger partial charge in [0.1, 0.15) is 11.6 Å². The molecular formula is C14H14F2N2. The van der Waals surface area contributed by atoms with Crippen LogP contribution in [0.2, 0.25) is 0 Å². The van der Waals surface area contributed by atoms with E-state index in [0.29, 0.717) is 12.0 Å². The number of nitrogens with two attached hydrogens (primary N) is 1. The largest absolute Gasteiger partial charge is 0.324 e. The Bertz CT molecular complexity index is 535. The summed E-state index contributed by atoms with van der Waals surface area (Å²) in [5, 5.41) is 0. The maximum Gasteiger partial charge on any atom is 0.126 e. The summed E-state index contributed by atoms with van der Waals surface area (Å²) in [5.41, 5.74) is 8.26. The topological polar surface area (TPSA) is 38.9 Å². The quantitative estimate of drug-likeness (QED) is 0.907. The number of hydrogen-bond donors (Lipinski definition) is 1. The van der Waals surface area contributed by atoms with Crippen LogP contribution in [-0.4, -0.2) is 4.98 Å². The zero-order chi connectivity index (χ0) is 13.1. The third-order valence-electron chi connectivity index (χ3n) is 2.84. The lowest BCUT2D eigenvalue weighted by Gasteiger charge is -2.13. The van der Waals surface area contributed by atoms with Crippen molar-refractivity contribution in [3.63, 3.8) is 0 Å². The third-order valence-corrected chi connectivity index (χ3v) is 2.84. The second-order valence-corrected chi connectivity index (χ2v) is 4.28. The number of nitrogens with zero attached hydrogens (tertiary/aromatic N) is 1. The molecule has 1 atom stereocenters. The lowest BCUT2D eigenvalue weighted by atomic mass is 10.0. The van der Waals surface area contributed by atoms with E-state index in [-0.39, 0.29) is 0 Å². The van der Waals surface area contributed by atoms with Crippen molar-refractivity contribution in [2.75, 3.05) is 0 Å². The van der Waals surface area contributed by atoms with E-state index in [1.54, 1.807) is 6.20 Å². The molecule has 4 heteroatoms. The number of aromatic nitrogens is 1. The van der Waals surface area contributed by atoms with Crippen molar-refractivity contribution >= 4 is 0 Å². The second-order valence-electron chi connectivity index (χ2n) is 4.28. The van der Waals surface area contributed by atoms with E-state index < -0.39 is 17.7 Å². The van der Waals surface area contributed by atoms with Gasteiger partial charge in [0.2, 0.25) is 0 Å². The molecule has 0 spiro atoms. The zero-order valence-electron chi connectivity index (χ0n) is 10.0. The number of aryl methyl sites for hydroxylation is 1. The van der Waals surface area contributed by atoms with Crippen LogP contribution in [0.5, 0.6) is 0 Å². The predicted molar refractivity (Wildman–Crippen MR) is 66.0 cm³/mol. The molecule has 0 saturated carbocycles. The predicted octanol–water partition coefficient (Wildman–Crippen LogP) is 2.91. The van der Waals surface area contributed by atoms with Gasteiger partial charge in [-0.25, -0.2) is 8.78 Å². The highest BCUT2D eigenvalue weighted by Crippen LogP contribution is 2.19. The Labute approximate surface area is 104 Å². The molecule has 0 aliphatic heterocycles. The van der Waals surface area contributed by atoms with Gasteiger partial charge in [0.05, 0.1) is 0 Å². The van der Waals surface area contributed by atoms with Gasteiger partial charge in [-0.2, -0.15) is 0 Å². The molecule has 0 radical (unpaired) electrons. The molecule has 1 unspecified atom stereocenters. The van der Waals surface area contributed by atoms with Gasteiger partial charge in [-0.1, -0.05) is 6.07 Å².